The third-order valence-corrected chi connectivity index (χ3v) is 9.67. The summed E-state index contributed by atoms with van der Waals surface area (Å²) in [6, 6.07) is 47.0. The number of benzene rings is 6. The molecule has 8 aromatic rings. The van der Waals surface area contributed by atoms with E-state index in [-0.39, 0.29) is 17.1 Å². The van der Waals surface area contributed by atoms with Gasteiger partial charge in [0.25, 0.3) is 0 Å². The molecule has 0 unspecified atom stereocenters. The third kappa shape index (κ3) is 13.1. The Bertz CT molecular complexity index is 2310. The van der Waals surface area contributed by atoms with E-state index in [2.05, 4.69) is 20.4 Å². The van der Waals surface area contributed by atoms with Gasteiger partial charge in [-0.3, -0.25) is 10.2 Å². The van der Waals surface area contributed by atoms with Gasteiger partial charge in [-0.1, -0.05) is 156 Å². The van der Waals surface area contributed by atoms with Crippen molar-refractivity contribution in [1.82, 2.24) is 20.4 Å². The second kappa shape index (κ2) is 22.0. The maximum atomic E-state index is 11.9. The first kappa shape index (κ1) is 46.9. The molecule has 0 saturated heterocycles. The van der Waals surface area contributed by atoms with E-state index in [9.17, 15) is 19.8 Å². The van der Waals surface area contributed by atoms with Gasteiger partial charge in [-0.05, 0) is 112 Å². The minimum atomic E-state index is -0.906. The number of carboxylic acid groups (broad SMARTS) is 2. The number of hydrogen-bond acceptors (Lipinski definition) is 4. The van der Waals surface area contributed by atoms with Crippen molar-refractivity contribution < 1.29 is 36.9 Å². The number of rotatable bonds is 6. The molecule has 6 aromatic carbocycles. The van der Waals surface area contributed by atoms with E-state index < -0.39 is 11.9 Å². The summed E-state index contributed by atoms with van der Waals surface area (Å²) in [7, 11) is 0. The smallest absolute Gasteiger partial charge is 0.336 e. The molecule has 312 valence electrons. The van der Waals surface area contributed by atoms with E-state index >= 15 is 0 Å². The second-order valence-electron chi connectivity index (χ2n) is 14.9. The summed E-state index contributed by atoms with van der Waals surface area (Å²) in [5.74, 6) is -1.81. The zero-order valence-electron chi connectivity index (χ0n) is 35.8. The summed E-state index contributed by atoms with van der Waals surface area (Å²) in [5.41, 5.74) is 16.3. The number of aromatic amines is 2. The number of carboxylic acids is 2. The van der Waals surface area contributed by atoms with Gasteiger partial charge in [0, 0.05) is 28.5 Å². The Morgan fingerprint density at radius 2 is 0.623 bits per heavy atom. The van der Waals surface area contributed by atoms with Crippen LogP contribution >= 0.6 is 0 Å². The molecule has 0 aliphatic carbocycles. The third-order valence-electron chi connectivity index (χ3n) is 9.67. The fraction of sp³-hybridized carbons (Fsp3) is 0.154. The van der Waals surface area contributed by atoms with Gasteiger partial charge in [-0.2, -0.15) is 10.2 Å². The average molecular weight is 853 g/mol. The van der Waals surface area contributed by atoms with Crippen LogP contribution in [0.25, 0.3) is 44.5 Å². The Kier molecular flexibility index (Phi) is 16.9. The van der Waals surface area contributed by atoms with E-state index in [1.165, 1.54) is 0 Å². The number of aromatic carboxylic acids is 2. The van der Waals surface area contributed by atoms with Crippen LogP contribution in [0.15, 0.2) is 146 Å². The molecule has 0 radical (unpaired) electrons. The Labute approximate surface area is 369 Å². The summed E-state index contributed by atoms with van der Waals surface area (Å²) in [6.45, 7) is 16.0. The molecular weight excluding hydrogens is 800 g/mol. The van der Waals surface area contributed by atoms with Crippen molar-refractivity contribution in [1.29, 1.82) is 0 Å². The molecule has 0 aliphatic rings. The largest absolute Gasteiger partial charge is 0.478 e. The van der Waals surface area contributed by atoms with Gasteiger partial charge in [0.05, 0.1) is 22.5 Å². The van der Waals surface area contributed by atoms with Gasteiger partial charge >= 0.3 is 11.9 Å². The first-order valence-electron chi connectivity index (χ1n) is 19.7. The van der Waals surface area contributed by atoms with Crippen molar-refractivity contribution in [2.24, 2.45) is 0 Å². The number of H-pyrrole nitrogens is 2. The molecule has 0 amide bonds. The Balaban J connectivity index is 0.000000202. The molecule has 9 heteroatoms. The number of carbonyl (C=O) groups is 2. The van der Waals surface area contributed by atoms with E-state index in [0.717, 1.165) is 89.5 Å². The normalized spacial score (nSPS) is 10.1. The SMILES string of the molecule is Cc1cc(C)[nH]n1.Cc1cc(C)[nH]n1.Cc1ccc(-c2cccc(-c3ccc(C)cc3)c2C(=O)O)cc1.Cc1ccc(-c2cccc(-c3ccc(C)cc3)c2C(=O)O)cc1.[Fe]. The molecule has 2 aromatic heterocycles. The van der Waals surface area contributed by atoms with Crippen molar-refractivity contribution in [3.63, 3.8) is 0 Å². The zero-order chi connectivity index (χ0) is 43.3. The number of aromatic nitrogens is 4. The summed E-state index contributed by atoms with van der Waals surface area (Å²) >= 11 is 0. The minimum absolute atomic E-state index is 0. The summed E-state index contributed by atoms with van der Waals surface area (Å²) in [4.78, 5) is 23.8. The summed E-state index contributed by atoms with van der Waals surface area (Å²) < 4.78 is 0. The molecule has 4 N–H and O–H groups in total. The minimum Gasteiger partial charge on any atom is -0.478 e. The van der Waals surface area contributed by atoms with Gasteiger partial charge in [0.2, 0.25) is 0 Å². The Morgan fingerprint density at radius 3 is 0.770 bits per heavy atom. The van der Waals surface area contributed by atoms with Crippen molar-refractivity contribution in [2.45, 2.75) is 55.4 Å². The first-order valence-corrected chi connectivity index (χ1v) is 19.7. The standard InChI is InChI=1S/2C21H18O2.2C5H8N2.Fe/c2*1-14-6-10-16(11-7-14)18-4-3-5-19(20(18)21(22)23)17-12-8-15(2)9-13-17;2*1-4-3-5(2)7-6-4;/h2*3-13H,1-2H3,(H,22,23);2*3H,1-2H3,(H,6,7);. The van der Waals surface area contributed by atoms with Crippen LogP contribution in [0.5, 0.6) is 0 Å². The molecule has 0 fully saturated rings. The van der Waals surface area contributed by atoms with Gasteiger partial charge in [0.1, 0.15) is 0 Å². The number of nitrogens with zero attached hydrogens (tertiary/aromatic N) is 2. The Morgan fingerprint density at radius 1 is 0.393 bits per heavy atom. The number of aryl methyl sites for hydroxylation is 8. The Hall–Kier alpha value is -6.80. The molecule has 0 saturated carbocycles. The maximum absolute atomic E-state index is 11.9. The van der Waals surface area contributed by atoms with Gasteiger partial charge < -0.3 is 10.2 Å². The molecule has 2 heterocycles. The molecule has 61 heavy (non-hydrogen) atoms. The second-order valence-corrected chi connectivity index (χ2v) is 14.9. The molecule has 0 aliphatic heterocycles. The van der Waals surface area contributed by atoms with Gasteiger partial charge in [-0.25, -0.2) is 9.59 Å². The molecule has 0 atom stereocenters. The van der Waals surface area contributed by atoms with Crippen molar-refractivity contribution in [3.05, 3.63) is 202 Å². The molecule has 8 nitrogen and oxygen atoms in total. The average Bonchev–Trinajstić information content (AvgIpc) is 3.82. The van der Waals surface area contributed by atoms with Crippen LogP contribution in [0.2, 0.25) is 0 Å². The van der Waals surface area contributed by atoms with Gasteiger partial charge in [-0.15, -0.1) is 0 Å². The van der Waals surface area contributed by atoms with Crippen LogP contribution in [-0.4, -0.2) is 42.5 Å². The van der Waals surface area contributed by atoms with Crippen LogP contribution in [0.3, 0.4) is 0 Å². The summed E-state index contributed by atoms with van der Waals surface area (Å²) in [5, 5.41) is 33.0. The monoisotopic (exact) mass is 852 g/mol. The predicted octanol–water partition coefficient (Wildman–Crippen LogP) is 12.7. The van der Waals surface area contributed by atoms with Crippen LogP contribution in [0.4, 0.5) is 0 Å². The topological polar surface area (TPSA) is 132 Å². The predicted molar refractivity (Wildman–Crippen MR) is 244 cm³/mol. The number of hydrogen-bond donors (Lipinski definition) is 4. The van der Waals surface area contributed by atoms with Crippen molar-refractivity contribution in [3.8, 4) is 44.5 Å². The molecule has 0 bridgehead atoms. The van der Waals surface area contributed by atoms with Crippen molar-refractivity contribution >= 4 is 11.9 Å². The fourth-order valence-corrected chi connectivity index (χ4v) is 6.57. The fourth-order valence-electron chi connectivity index (χ4n) is 6.57. The zero-order valence-corrected chi connectivity index (χ0v) is 36.9. The maximum Gasteiger partial charge on any atom is 0.336 e. The van der Waals surface area contributed by atoms with Crippen LogP contribution in [-0.2, 0) is 17.1 Å². The summed E-state index contributed by atoms with van der Waals surface area (Å²) in [6.07, 6.45) is 0. The van der Waals surface area contributed by atoms with Crippen LogP contribution < -0.4 is 0 Å². The first-order chi connectivity index (χ1) is 28.7. The van der Waals surface area contributed by atoms with E-state index in [1.54, 1.807) is 0 Å². The van der Waals surface area contributed by atoms with E-state index in [1.807, 2.05) is 201 Å². The molecule has 8 rings (SSSR count). The van der Waals surface area contributed by atoms with Crippen LogP contribution in [0, 0.1) is 55.4 Å². The quantitative estimate of drug-likeness (QED) is 0.123. The van der Waals surface area contributed by atoms with Crippen LogP contribution in [0.1, 0.15) is 65.7 Å². The van der Waals surface area contributed by atoms with Gasteiger partial charge in [0.15, 0.2) is 0 Å². The van der Waals surface area contributed by atoms with Crippen molar-refractivity contribution in [2.75, 3.05) is 0 Å². The van der Waals surface area contributed by atoms with E-state index in [4.69, 9.17) is 0 Å². The molecular formula is C52H52FeN4O4. The van der Waals surface area contributed by atoms with E-state index in [0.29, 0.717) is 11.1 Å². The number of nitrogens with one attached hydrogen (secondary N) is 2. The molecule has 0 spiro atoms.